The summed E-state index contributed by atoms with van der Waals surface area (Å²) in [5.41, 5.74) is 6.33. The maximum atomic E-state index is 11.3. The highest BCUT2D eigenvalue weighted by Crippen LogP contribution is 2.20. The van der Waals surface area contributed by atoms with Gasteiger partial charge >= 0.3 is 6.03 Å². The molecule has 0 aromatic heterocycles. The Balaban J connectivity index is 2.28. The Morgan fingerprint density at radius 3 is 2.82 bits per heavy atom. The SMILES string of the molecule is CNC(=O)NC(=O)CCSc1cccc(N)c1. The first-order valence-electron chi connectivity index (χ1n) is 5.11. The Labute approximate surface area is 104 Å². The van der Waals surface area contributed by atoms with Crippen molar-refractivity contribution in [3.05, 3.63) is 24.3 Å². The predicted molar refractivity (Wildman–Crippen MR) is 68.8 cm³/mol. The van der Waals surface area contributed by atoms with Crippen LogP contribution < -0.4 is 16.4 Å². The summed E-state index contributed by atoms with van der Waals surface area (Å²) in [6.07, 6.45) is 0.285. The van der Waals surface area contributed by atoms with E-state index < -0.39 is 6.03 Å². The average Bonchev–Trinajstić information content (AvgIpc) is 2.29. The van der Waals surface area contributed by atoms with Crippen molar-refractivity contribution in [2.45, 2.75) is 11.3 Å². The highest BCUT2D eigenvalue weighted by molar-refractivity contribution is 7.99. The summed E-state index contributed by atoms with van der Waals surface area (Å²) in [7, 11) is 1.46. The van der Waals surface area contributed by atoms with Gasteiger partial charge in [0.25, 0.3) is 0 Å². The number of imide groups is 1. The number of hydrogen-bond donors (Lipinski definition) is 3. The molecule has 0 atom stereocenters. The van der Waals surface area contributed by atoms with Gasteiger partial charge in [0.2, 0.25) is 5.91 Å². The van der Waals surface area contributed by atoms with Gasteiger partial charge in [0.05, 0.1) is 0 Å². The second-order valence-electron chi connectivity index (χ2n) is 3.30. The molecular formula is C11H15N3O2S. The number of amides is 3. The van der Waals surface area contributed by atoms with E-state index in [9.17, 15) is 9.59 Å². The number of benzene rings is 1. The van der Waals surface area contributed by atoms with E-state index in [-0.39, 0.29) is 12.3 Å². The second-order valence-corrected chi connectivity index (χ2v) is 4.47. The normalized spacial score (nSPS) is 9.71. The largest absolute Gasteiger partial charge is 0.399 e. The molecule has 0 radical (unpaired) electrons. The highest BCUT2D eigenvalue weighted by atomic mass is 32.2. The van der Waals surface area contributed by atoms with Gasteiger partial charge in [0.1, 0.15) is 0 Å². The maximum absolute atomic E-state index is 11.3. The van der Waals surface area contributed by atoms with Gasteiger partial charge in [-0.3, -0.25) is 10.1 Å². The van der Waals surface area contributed by atoms with Crippen LogP contribution in [0.3, 0.4) is 0 Å². The van der Waals surface area contributed by atoms with Gasteiger partial charge < -0.3 is 11.1 Å². The molecule has 6 heteroatoms. The fraction of sp³-hybridized carbons (Fsp3) is 0.273. The molecule has 17 heavy (non-hydrogen) atoms. The van der Waals surface area contributed by atoms with Gasteiger partial charge in [-0.2, -0.15) is 0 Å². The molecule has 0 unspecified atom stereocenters. The van der Waals surface area contributed by atoms with Crippen LogP contribution in [0.25, 0.3) is 0 Å². The third-order valence-electron chi connectivity index (χ3n) is 1.94. The molecule has 3 amide bonds. The molecule has 1 aromatic carbocycles. The smallest absolute Gasteiger partial charge is 0.321 e. The molecule has 0 saturated heterocycles. The van der Waals surface area contributed by atoms with Crippen LogP contribution in [0.1, 0.15) is 6.42 Å². The van der Waals surface area contributed by atoms with Crippen LogP contribution in [0.2, 0.25) is 0 Å². The van der Waals surface area contributed by atoms with E-state index in [1.807, 2.05) is 24.3 Å². The number of hydrogen-bond acceptors (Lipinski definition) is 4. The zero-order valence-corrected chi connectivity index (χ0v) is 10.3. The minimum absolute atomic E-state index is 0.285. The van der Waals surface area contributed by atoms with E-state index in [1.165, 1.54) is 18.8 Å². The Bertz CT molecular complexity index is 409. The summed E-state index contributed by atoms with van der Waals surface area (Å²) in [4.78, 5) is 23.1. The van der Waals surface area contributed by atoms with Crippen LogP contribution in [0.5, 0.6) is 0 Å². The number of urea groups is 1. The number of anilines is 1. The molecule has 1 rings (SSSR count). The number of nitrogens with one attached hydrogen (secondary N) is 2. The Morgan fingerprint density at radius 1 is 1.41 bits per heavy atom. The standard InChI is InChI=1S/C11H15N3O2S/c1-13-11(16)14-10(15)5-6-17-9-4-2-3-8(12)7-9/h2-4,7H,5-6,12H2,1H3,(H2,13,14,15,16). The lowest BCUT2D eigenvalue weighted by atomic mass is 10.3. The lowest BCUT2D eigenvalue weighted by molar-refractivity contribution is -0.119. The molecular weight excluding hydrogens is 238 g/mol. The van der Waals surface area contributed by atoms with Gasteiger partial charge in [-0.15, -0.1) is 11.8 Å². The zero-order valence-electron chi connectivity index (χ0n) is 9.53. The van der Waals surface area contributed by atoms with Crippen molar-refractivity contribution in [1.29, 1.82) is 0 Å². The van der Waals surface area contributed by atoms with Crippen molar-refractivity contribution in [2.24, 2.45) is 0 Å². The summed E-state index contributed by atoms with van der Waals surface area (Å²) >= 11 is 1.53. The Kier molecular flexibility index (Phi) is 5.35. The molecule has 1 aromatic rings. The molecule has 92 valence electrons. The quantitative estimate of drug-likeness (QED) is 0.556. The Hall–Kier alpha value is -1.69. The fourth-order valence-electron chi connectivity index (χ4n) is 1.12. The van der Waals surface area contributed by atoms with Gasteiger partial charge in [-0.05, 0) is 18.2 Å². The van der Waals surface area contributed by atoms with Crippen molar-refractivity contribution in [3.8, 4) is 0 Å². The summed E-state index contributed by atoms with van der Waals surface area (Å²) in [5.74, 6) is 0.312. The van der Waals surface area contributed by atoms with Crippen LogP contribution in [-0.4, -0.2) is 24.7 Å². The number of rotatable bonds is 4. The van der Waals surface area contributed by atoms with Crippen molar-refractivity contribution >= 4 is 29.4 Å². The molecule has 0 aliphatic heterocycles. The third kappa shape index (κ3) is 5.26. The third-order valence-corrected chi connectivity index (χ3v) is 2.93. The zero-order chi connectivity index (χ0) is 12.7. The molecule has 0 spiro atoms. The molecule has 5 nitrogen and oxygen atoms in total. The summed E-state index contributed by atoms with van der Waals surface area (Å²) in [6.45, 7) is 0. The van der Waals surface area contributed by atoms with E-state index in [1.54, 1.807) is 0 Å². The van der Waals surface area contributed by atoms with Crippen molar-refractivity contribution < 1.29 is 9.59 Å². The predicted octanol–water partition coefficient (Wildman–Crippen LogP) is 1.21. The highest BCUT2D eigenvalue weighted by Gasteiger charge is 2.05. The van der Waals surface area contributed by atoms with Crippen LogP contribution >= 0.6 is 11.8 Å². The van der Waals surface area contributed by atoms with Gasteiger partial charge in [0, 0.05) is 29.8 Å². The number of carbonyl (C=O) groups excluding carboxylic acids is 2. The lowest BCUT2D eigenvalue weighted by Gasteiger charge is -2.03. The minimum atomic E-state index is -0.482. The number of nitrogens with two attached hydrogens (primary N) is 1. The minimum Gasteiger partial charge on any atom is -0.399 e. The number of thioether (sulfide) groups is 1. The monoisotopic (exact) mass is 253 g/mol. The molecule has 4 N–H and O–H groups in total. The van der Waals surface area contributed by atoms with E-state index >= 15 is 0 Å². The van der Waals surface area contributed by atoms with Crippen molar-refractivity contribution in [2.75, 3.05) is 18.5 Å². The first-order valence-corrected chi connectivity index (χ1v) is 6.10. The average molecular weight is 253 g/mol. The fourth-order valence-corrected chi connectivity index (χ4v) is 2.03. The molecule has 0 heterocycles. The second kappa shape index (κ2) is 6.80. The lowest BCUT2D eigenvalue weighted by Crippen LogP contribution is -2.37. The van der Waals surface area contributed by atoms with E-state index in [0.29, 0.717) is 11.4 Å². The van der Waals surface area contributed by atoms with E-state index in [4.69, 9.17) is 5.73 Å². The van der Waals surface area contributed by atoms with E-state index in [2.05, 4.69) is 10.6 Å². The van der Waals surface area contributed by atoms with Crippen molar-refractivity contribution in [3.63, 3.8) is 0 Å². The Morgan fingerprint density at radius 2 is 2.18 bits per heavy atom. The number of carbonyl (C=O) groups is 2. The molecule has 0 aliphatic carbocycles. The van der Waals surface area contributed by atoms with Crippen LogP contribution in [0.15, 0.2) is 29.2 Å². The van der Waals surface area contributed by atoms with Gasteiger partial charge in [0.15, 0.2) is 0 Å². The summed E-state index contributed by atoms with van der Waals surface area (Å²) in [6, 6.07) is 6.97. The molecule has 0 aliphatic rings. The van der Waals surface area contributed by atoms with Crippen molar-refractivity contribution in [1.82, 2.24) is 10.6 Å². The van der Waals surface area contributed by atoms with Gasteiger partial charge in [-0.25, -0.2) is 4.79 Å². The van der Waals surface area contributed by atoms with Crippen LogP contribution in [0, 0.1) is 0 Å². The molecule has 0 saturated carbocycles. The molecule has 0 bridgehead atoms. The van der Waals surface area contributed by atoms with Crippen LogP contribution in [-0.2, 0) is 4.79 Å². The summed E-state index contributed by atoms with van der Waals surface area (Å²) in [5, 5.41) is 4.52. The maximum Gasteiger partial charge on any atom is 0.321 e. The topological polar surface area (TPSA) is 84.2 Å². The van der Waals surface area contributed by atoms with Crippen LogP contribution in [0.4, 0.5) is 10.5 Å². The molecule has 0 fully saturated rings. The van der Waals surface area contributed by atoms with E-state index in [0.717, 1.165) is 4.90 Å². The first-order chi connectivity index (χ1) is 8.11. The van der Waals surface area contributed by atoms with Gasteiger partial charge in [-0.1, -0.05) is 6.07 Å². The first kappa shape index (κ1) is 13.4. The number of nitrogen functional groups attached to an aromatic ring is 1. The summed E-state index contributed by atoms with van der Waals surface area (Å²) < 4.78 is 0.